The lowest BCUT2D eigenvalue weighted by Gasteiger charge is -2.21. The van der Waals surface area contributed by atoms with E-state index in [1.165, 1.54) is 12.1 Å². The number of sulfonamides is 1. The molecule has 0 heterocycles. The molecule has 1 aliphatic carbocycles. The van der Waals surface area contributed by atoms with Crippen LogP contribution in [-0.4, -0.2) is 20.6 Å². The Morgan fingerprint density at radius 1 is 1.10 bits per heavy atom. The first-order chi connectivity index (χ1) is 14.3. The molecule has 8 heteroatoms. The largest absolute Gasteiger partial charge is 0.349 e. The summed E-state index contributed by atoms with van der Waals surface area (Å²) in [5.41, 5.74) is 1.17. The number of carbonyl (C=O) groups excluding carboxylic acids is 1. The fourth-order valence-corrected chi connectivity index (χ4v) is 4.40. The number of rotatable bonds is 6. The molecule has 31 heavy (non-hydrogen) atoms. The molecule has 1 aliphatic rings. The van der Waals surface area contributed by atoms with Crippen molar-refractivity contribution in [2.75, 3.05) is 11.0 Å². The van der Waals surface area contributed by atoms with E-state index in [0.717, 1.165) is 11.8 Å². The van der Waals surface area contributed by atoms with Crippen molar-refractivity contribution in [1.29, 1.82) is 0 Å². The van der Waals surface area contributed by atoms with Gasteiger partial charge in [0.1, 0.15) is 11.6 Å². The second-order valence-corrected chi connectivity index (χ2v) is 11.0. The summed E-state index contributed by atoms with van der Waals surface area (Å²) in [6.45, 7) is 7.10. The molecular formula is C23H28F2N2O3S. The Hall–Kier alpha value is -2.48. The third-order valence-corrected chi connectivity index (χ3v) is 6.05. The molecule has 0 spiro atoms. The summed E-state index contributed by atoms with van der Waals surface area (Å²) in [5.74, 6) is -1.86. The van der Waals surface area contributed by atoms with Crippen molar-refractivity contribution in [2.45, 2.75) is 51.5 Å². The minimum absolute atomic E-state index is 0.0559. The summed E-state index contributed by atoms with van der Waals surface area (Å²) in [4.78, 5) is 12.6. The van der Waals surface area contributed by atoms with Gasteiger partial charge in [-0.1, -0.05) is 32.9 Å². The van der Waals surface area contributed by atoms with Crippen LogP contribution in [0.4, 0.5) is 14.5 Å². The molecule has 0 bridgehead atoms. The molecule has 2 N–H and O–H groups in total. The van der Waals surface area contributed by atoms with E-state index in [9.17, 15) is 22.0 Å². The molecular weight excluding hydrogens is 422 g/mol. The molecule has 0 aliphatic heterocycles. The predicted octanol–water partition coefficient (Wildman–Crippen LogP) is 4.61. The van der Waals surface area contributed by atoms with Crippen LogP contribution in [0.3, 0.4) is 0 Å². The van der Waals surface area contributed by atoms with E-state index < -0.39 is 27.1 Å². The number of hydrogen-bond donors (Lipinski definition) is 2. The van der Waals surface area contributed by atoms with Crippen LogP contribution in [-0.2, 0) is 20.2 Å². The number of nitrogens with one attached hydrogen (secondary N) is 2. The van der Waals surface area contributed by atoms with Gasteiger partial charge in [-0.15, -0.1) is 0 Å². The van der Waals surface area contributed by atoms with Gasteiger partial charge >= 0.3 is 0 Å². The Kier molecular flexibility index (Phi) is 6.15. The Morgan fingerprint density at radius 2 is 1.65 bits per heavy atom. The third-order valence-electron chi connectivity index (χ3n) is 5.44. The van der Waals surface area contributed by atoms with Crippen LogP contribution in [0.5, 0.6) is 0 Å². The smallest absolute Gasteiger partial charge is 0.229 e. The van der Waals surface area contributed by atoms with E-state index in [1.54, 1.807) is 45.0 Å². The molecule has 3 atom stereocenters. The van der Waals surface area contributed by atoms with Gasteiger partial charge in [0.25, 0.3) is 0 Å². The SMILES string of the molecule is C[C@@H](NC(=O)[C@H]1C[C@@H]1c1cc(F)c(C(C)(C)C)c(F)c1)c1ccc(NS(C)(=O)=O)cc1. The summed E-state index contributed by atoms with van der Waals surface area (Å²) in [5, 5.41) is 2.93. The normalized spacial score (nSPS) is 19.6. The summed E-state index contributed by atoms with van der Waals surface area (Å²) in [7, 11) is -3.36. The zero-order valence-electron chi connectivity index (χ0n) is 18.3. The predicted molar refractivity (Wildman–Crippen MR) is 117 cm³/mol. The maximum atomic E-state index is 14.5. The van der Waals surface area contributed by atoms with Crippen LogP contribution in [0, 0.1) is 17.6 Å². The summed E-state index contributed by atoms with van der Waals surface area (Å²) in [6, 6.07) is 9.12. The average molecular weight is 451 g/mol. The van der Waals surface area contributed by atoms with Gasteiger partial charge in [0.05, 0.1) is 12.3 Å². The van der Waals surface area contributed by atoms with Crippen molar-refractivity contribution >= 4 is 21.6 Å². The zero-order chi connectivity index (χ0) is 23.1. The molecule has 1 saturated carbocycles. The molecule has 0 radical (unpaired) electrons. The van der Waals surface area contributed by atoms with Crippen molar-refractivity contribution in [2.24, 2.45) is 5.92 Å². The molecule has 3 rings (SSSR count). The number of amides is 1. The lowest BCUT2D eigenvalue weighted by molar-refractivity contribution is -0.123. The van der Waals surface area contributed by atoms with Gasteiger partial charge in [-0.3, -0.25) is 9.52 Å². The molecule has 168 valence electrons. The summed E-state index contributed by atoms with van der Waals surface area (Å²) in [6.07, 6.45) is 1.62. The number of benzene rings is 2. The van der Waals surface area contributed by atoms with Gasteiger partial charge in [0, 0.05) is 17.2 Å². The highest BCUT2D eigenvalue weighted by Gasteiger charge is 2.45. The van der Waals surface area contributed by atoms with Gasteiger partial charge in [-0.05, 0) is 60.1 Å². The Labute approximate surface area is 182 Å². The Balaban J connectivity index is 1.64. The van der Waals surface area contributed by atoms with E-state index in [2.05, 4.69) is 10.0 Å². The second kappa shape index (κ2) is 8.22. The van der Waals surface area contributed by atoms with Crippen LogP contribution in [0.1, 0.15) is 62.8 Å². The van der Waals surface area contributed by atoms with E-state index in [4.69, 9.17) is 0 Å². The van der Waals surface area contributed by atoms with Crippen LogP contribution < -0.4 is 10.0 Å². The highest BCUT2D eigenvalue weighted by Crippen LogP contribution is 2.48. The van der Waals surface area contributed by atoms with Gasteiger partial charge in [0.15, 0.2) is 0 Å². The first-order valence-corrected chi connectivity index (χ1v) is 12.0. The van der Waals surface area contributed by atoms with Gasteiger partial charge < -0.3 is 5.32 Å². The van der Waals surface area contributed by atoms with Crippen molar-refractivity contribution in [3.63, 3.8) is 0 Å². The van der Waals surface area contributed by atoms with E-state index >= 15 is 0 Å². The lowest BCUT2D eigenvalue weighted by Crippen LogP contribution is -2.28. The first kappa shape index (κ1) is 23.2. The van der Waals surface area contributed by atoms with Crippen LogP contribution in [0.25, 0.3) is 0 Å². The molecule has 5 nitrogen and oxygen atoms in total. The maximum absolute atomic E-state index is 14.5. The highest BCUT2D eigenvalue weighted by molar-refractivity contribution is 7.92. The van der Waals surface area contributed by atoms with E-state index in [0.29, 0.717) is 17.7 Å². The van der Waals surface area contributed by atoms with Crippen molar-refractivity contribution < 1.29 is 22.0 Å². The molecule has 1 fully saturated rings. The number of anilines is 1. The fourth-order valence-electron chi connectivity index (χ4n) is 3.83. The van der Waals surface area contributed by atoms with E-state index in [-0.39, 0.29) is 29.3 Å². The van der Waals surface area contributed by atoms with Crippen LogP contribution in [0.15, 0.2) is 36.4 Å². The van der Waals surface area contributed by atoms with Crippen LogP contribution >= 0.6 is 0 Å². The second-order valence-electron chi connectivity index (χ2n) is 9.28. The molecule has 2 aromatic rings. The molecule has 1 amide bonds. The highest BCUT2D eigenvalue weighted by atomic mass is 32.2. The van der Waals surface area contributed by atoms with E-state index in [1.807, 2.05) is 6.92 Å². The number of carbonyl (C=O) groups is 1. The summed E-state index contributed by atoms with van der Waals surface area (Å²) >= 11 is 0. The van der Waals surface area contributed by atoms with Crippen LogP contribution in [0.2, 0.25) is 0 Å². The maximum Gasteiger partial charge on any atom is 0.229 e. The van der Waals surface area contributed by atoms with Crippen molar-refractivity contribution in [3.05, 3.63) is 64.7 Å². The van der Waals surface area contributed by atoms with Crippen molar-refractivity contribution in [1.82, 2.24) is 5.32 Å². The van der Waals surface area contributed by atoms with Gasteiger partial charge in [-0.25, -0.2) is 17.2 Å². The Bertz CT molecular complexity index is 1070. The standard InChI is InChI=1S/C23H28F2N2O3S/c1-13(14-6-8-16(9-7-14)27-31(5,29)30)26-22(28)18-12-17(18)15-10-19(24)21(20(25)11-15)23(2,3)4/h6-11,13,17-18,27H,12H2,1-5H3,(H,26,28)/t13-,17-,18+/m1/s1. The van der Waals surface area contributed by atoms with Gasteiger partial charge in [0.2, 0.25) is 15.9 Å². The Morgan fingerprint density at radius 3 is 2.13 bits per heavy atom. The first-order valence-electron chi connectivity index (χ1n) is 10.1. The molecule has 0 saturated heterocycles. The minimum Gasteiger partial charge on any atom is -0.349 e. The third kappa shape index (κ3) is 5.61. The lowest BCUT2D eigenvalue weighted by atomic mass is 9.85. The fraction of sp³-hybridized carbons (Fsp3) is 0.435. The number of halogens is 2. The topological polar surface area (TPSA) is 75.3 Å². The number of hydrogen-bond acceptors (Lipinski definition) is 3. The van der Waals surface area contributed by atoms with Crippen molar-refractivity contribution in [3.8, 4) is 0 Å². The molecule has 2 aromatic carbocycles. The minimum atomic E-state index is -3.36. The molecule has 0 unspecified atom stereocenters. The monoisotopic (exact) mass is 450 g/mol. The molecule has 0 aromatic heterocycles. The summed E-state index contributed by atoms with van der Waals surface area (Å²) < 4.78 is 54.0. The quantitative estimate of drug-likeness (QED) is 0.675. The average Bonchev–Trinajstić information content (AvgIpc) is 3.40. The zero-order valence-corrected chi connectivity index (χ0v) is 19.1. The van der Waals surface area contributed by atoms with Gasteiger partial charge in [-0.2, -0.15) is 0 Å².